The van der Waals surface area contributed by atoms with Crippen LogP contribution in [0.5, 0.6) is 5.75 Å². The maximum Gasteiger partial charge on any atom is 0.440 e. The molecule has 6 heteroatoms. The lowest BCUT2D eigenvalue weighted by Gasteiger charge is -2.10. The van der Waals surface area contributed by atoms with Crippen molar-refractivity contribution in [2.24, 2.45) is 0 Å². The Morgan fingerprint density at radius 1 is 1.57 bits per heavy atom. The predicted molar refractivity (Wildman–Crippen MR) is 51.1 cm³/mol. The highest BCUT2D eigenvalue weighted by Crippen LogP contribution is 2.09. The Labute approximate surface area is 81.3 Å². The van der Waals surface area contributed by atoms with Crippen LogP contribution in [0, 0.1) is 0 Å². The SMILES string of the molecule is COc1cccn(C[Si](C)(F)F)c1=O. The van der Waals surface area contributed by atoms with Crippen LogP contribution in [0.1, 0.15) is 0 Å². The number of methoxy groups -OCH3 is 1. The van der Waals surface area contributed by atoms with Crippen molar-refractivity contribution in [3.05, 3.63) is 28.7 Å². The van der Waals surface area contributed by atoms with Crippen LogP contribution in [0.25, 0.3) is 0 Å². The Balaban J connectivity index is 3.05. The molecule has 0 aliphatic carbocycles. The van der Waals surface area contributed by atoms with Gasteiger partial charge in [0.25, 0.3) is 5.56 Å². The van der Waals surface area contributed by atoms with E-state index in [9.17, 15) is 13.0 Å². The largest absolute Gasteiger partial charge is 0.491 e. The quantitative estimate of drug-likeness (QED) is 0.568. The van der Waals surface area contributed by atoms with Crippen molar-refractivity contribution in [2.45, 2.75) is 12.7 Å². The fourth-order valence-corrected chi connectivity index (χ4v) is 1.94. The van der Waals surface area contributed by atoms with Crippen LogP contribution >= 0.6 is 0 Å². The summed E-state index contributed by atoms with van der Waals surface area (Å²) in [4.78, 5) is 11.4. The Morgan fingerprint density at radius 3 is 2.71 bits per heavy atom. The van der Waals surface area contributed by atoms with E-state index >= 15 is 0 Å². The van der Waals surface area contributed by atoms with Crippen LogP contribution in [-0.4, -0.2) is 20.4 Å². The van der Waals surface area contributed by atoms with Gasteiger partial charge in [-0.1, -0.05) is 0 Å². The number of nitrogens with zero attached hydrogens (tertiary/aromatic N) is 1. The summed E-state index contributed by atoms with van der Waals surface area (Å²) in [6, 6.07) is 2.97. The zero-order valence-electron chi connectivity index (χ0n) is 7.96. The van der Waals surface area contributed by atoms with Gasteiger partial charge >= 0.3 is 8.74 Å². The number of aromatic nitrogens is 1. The second-order valence-electron chi connectivity index (χ2n) is 3.08. The Bertz CT molecular complexity index is 372. The molecule has 0 unspecified atom stereocenters. The molecule has 0 fully saturated rings. The third-order valence-corrected chi connectivity index (χ3v) is 2.55. The number of rotatable bonds is 3. The monoisotopic (exact) mass is 219 g/mol. The third kappa shape index (κ3) is 2.66. The van der Waals surface area contributed by atoms with Crippen molar-refractivity contribution >= 4 is 8.74 Å². The Hall–Kier alpha value is -1.17. The van der Waals surface area contributed by atoms with Crippen molar-refractivity contribution in [1.29, 1.82) is 0 Å². The van der Waals surface area contributed by atoms with Gasteiger partial charge < -0.3 is 9.30 Å². The summed E-state index contributed by atoms with van der Waals surface area (Å²) in [6.07, 6.45) is 0.846. The molecular weight excluding hydrogens is 208 g/mol. The van der Waals surface area contributed by atoms with E-state index in [2.05, 4.69) is 0 Å². The molecule has 1 rings (SSSR count). The van der Waals surface area contributed by atoms with Crippen molar-refractivity contribution in [3.8, 4) is 5.75 Å². The molecule has 0 amide bonds. The highest BCUT2D eigenvalue weighted by Gasteiger charge is 2.29. The molecule has 1 aromatic heterocycles. The molecule has 0 spiro atoms. The molecule has 0 bridgehead atoms. The van der Waals surface area contributed by atoms with Crippen molar-refractivity contribution < 1.29 is 13.0 Å². The van der Waals surface area contributed by atoms with Gasteiger partial charge in [0.05, 0.1) is 13.3 Å². The van der Waals surface area contributed by atoms with E-state index in [0.29, 0.717) is 0 Å². The number of halogens is 2. The first-order valence-corrected chi connectivity index (χ1v) is 6.51. The van der Waals surface area contributed by atoms with Crippen molar-refractivity contribution in [3.63, 3.8) is 0 Å². The molecule has 0 aromatic carbocycles. The molecule has 1 aromatic rings. The third-order valence-electron chi connectivity index (χ3n) is 1.65. The van der Waals surface area contributed by atoms with Gasteiger partial charge in [0.2, 0.25) is 0 Å². The first-order chi connectivity index (χ1) is 6.44. The molecular formula is C8H11F2NO2Si. The van der Waals surface area contributed by atoms with Crippen LogP contribution in [0.4, 0.5) is 8.22 Å². The average molecular weight is 219 g/mol. The molecule has 3 nitrogen and oxygen atoms in total. The van der Waals surface area contributed by atoms with Gasteiger partial charge in [0.1, 0.15) is 0 Å². The molecule has 0 atom stereocenters. The maximum absolute atomic E-state index is 12.8. The summed E-state index contributed by atoms with van der Waals surface area (Å²) in [5, 5.41) is 0. The van der Waals surface area contributed by atoms with Crippen molar-refractivity contribution in [1.82, 2.24) is 4.57 Å². The minimum absolute atomic E-state index is 0.0887. The fourth-order valence-electron chi connectivity index (χ4n) is 1.09. The number of ether oxygens (including phenoxy) is 1. The van der Waals surface area contributed by atoms with Gasteiger partial charge in [-0.25, -0.2) is 0 Å². The summed E-state index contributed by atoms with van der Waals surface area (Å²) in [7, 11) is -2.92. The Morgan fingerprint density at radius 2 is 2.21 bits per heavy atom. The average Bonchev–Trinajstić information content (AvgIpc) is 2.06. The van der Waals surface area contributed by atoms with Gasteiger partial charge in [0.15, 0.2) is 5.75 Å². The normalized spacial score (nSPS) is 11.4. The predicted octanol–water partition coefficient (Wildman–Crippen LogP) is 1.41. The lowest BCUT2D eigenvalue weighted by atomic mass is 10.4. The lowest BCUT2D eigenvalue weighted by Crippen LogP contribution is -2.32. The highest BCUT2D eigenvalue weighted by atomic mass is 28.4. The van der Waals surface area contributed by atoms with Gasteiger partial charge in [-0.05, 0) is 18.7 Å². The van der Waals surface area contributed by atoms with E-state index in [1.165, 1.54) is 25.4 Å². The lowest BCUT2D eigenvalue weighted by molar-refractivity contribution is 0.403. The standard InChI is InChI=1S/C8H11F2NO2Si/c1-13-7-4-3-5-11(8(7)12)6-14(2,9)10/h3-5H,6H2,1-2H3. The molecule has 0 N–H and O–H groups in total. The second kappa shape index (κ2) is 3.91. The van der Waals surface area contributed by atoms with Crippen LogP contribution < -0.4 is 10.3 Å². The van der Waals surface area contributed by atoms with Gasteiger partial charge in [-0.3, -0.25) is 13.0 Å². The van der Waals surface area contributed by atoms with E-state index in [4.69, 9.17) is 4.74 Å². The van der Waals surface area contributed by atoms with Crippen molar-refractivity contribution in [2.75, 3.05) is 7.11 Å². The van der Waals surface area contributed by atoms with Crippen LogP contribution in [0.3, 0.4) is 0 Å². The molecule has 1 heterocycles. The number of hydrogen-bond donors (Lipinski definition) is 0. The highest BCUT2D eigenvalue weighted by molar-refractivity contribution is 6.63. The van der Waals surface area contributed by atoms with Gasteiger partial charge in [-0.15, -0.1) is 0 Å². The first-order valence-electron chi connectivity index (χ1n) is 4.05. The van der Waals surface area contributed by atoms with Gasteiger partial charge in [-0.2, -0.15) is 0 Å². The van der Waals surface area contributed by atoms with E-state index in [-0.39, 0.29) is 5.75 Å². The molecule has 78 valence electrons. The topological polar surface area (TPSA) is 31.2 Å². The molecule has 0 aliphatic heterocycles. The molecule has 14 heavy (non-hydrogen) atoms. The molecule has 0 saturated carbocycles. The molecule has 0 aliphatic rings. The second-order valence-corrected chi connectivity index (χ2v) is 5.54. The Kier molecular flexibility index (Phi) is 3.05. The van der Waals surface area contributed by atoms with Gasteiger partial charge in [0, 0.05) is 6.20 Å². The van der Waals surface area contributed by atoms with Crippen LogP contribution in [-0.2, 0) is 6.17 Å². The van der Waals surface area contributed by atoms with E-state index in [1.54, 1.807) is 0 Å². The van der Waals surface area contributed by atoms with Crippen LogP contribution in [0.2, 0.25) is 6.55 Å². The zero-order valence-corrected chi connectivity index (χ0v) is 8.96. The minimum Gasteiger partial charge on any atom is -0.491 e. The van der Waals surface area contributed by atoms with E-state index in [0.717, 1.165) is 11.1 Å². The molecule has 0 radical (unpaired) electrons. The zero-order chi connectivity index (χ0) is 10.8. The first kappa shape index (κ1) is 10.9. The summed E-state index contributed by atoms with van der Waals surface area (Å²) >= 11 is 0. The fraction of sp³-hybridized carbons (Fsp3) is 0.375. The summed E-state index contributed by atoms with van der Waals surface area (Å²) < 4.78 is 31.3. The minimum atomic E-state index is -4.26. The summed E-state index contributed by atoms with van der Waals surface area (Å²) in [6.45, 7) is 0.902. The van der Waals surface area contributed by atoms with Crippen LogP contribution in [0.15, 0.2) is 23.1 Å². The number of hydrogen-bond acceptors (Lipinski definition) is 2. The van der Waals surface area contributed by atoms with E-state index in [1.807, 2.05) is 0 Å². The molecule has 0 saturated heterocycles. The summed E-state index contributed by atoms with van der Waals surface area (Å²) in [5.41, 5.74) is -0.510. The smallest absolute Gasteiger partial charge is 0.440 e. The summed E-state index contributed by atoms with van der Waals surface area (Å²) in [5.74, 6) is 0.0887. The maximum atomic E-state index is 12.8. The van der Waals surface area contributed by atoms with E-state index < -0.39 is 20.5 Å². The number of pyridine rings is 1.